The molecule has 3 nitrogen and oxygen atoms in total. The number of ether oxygens (including phenoxy) is 1. The first-order valence-electron chi connectivity index (χ1n) is 7.69. The molecule has 0 saturated heterocycles. The van der Waals surface area contributed by atoms with Crippen LogP contribution in [0.15, 0.2) is 17.3 Å². The van der Waals surface area contributed by atoms with Crippen molar-refractivity contribution in [3.05, 3.63) is 29.1 Å². The zero-order valence-corrected chi connectivity index (χ0v) is 12.7. The number of hydrogen-bond acceptors (Lipinski definition) is 3. The monoisotopic (exact) mass is 291 g/mol. The molecule has 1 aromatic rings. The lowest BCUT2D eigenvalue weighted by atomic mass is 9.61. The Balaban J connectivity index is 2.21. The van der Waals surface area contributed by atoms with Crippen molar-refractivity contribution in [2.45, 2.75) is 50.9 Å². The molecule has 1 N–H and O–H groups in total. The summed E-state index contributed by atoms with van der Waals surface area (Å²) < 4.78 is 19.7. The lowest BCUT2D eigenvalue weighted by Gasteiger charge is -2.42. The SMILES string of the molecule is COc1cc(F)c2c(c1)C1(C)CCCCCC(C2)/C1=N\O. The van der Waals surface area contributed by atoms with E-state index in [4.69, 9.17) is 4.74 Å². The van der Waals surface area contributed by atoms with E-state index >= 15 is 0 Å². The molecule has 0 radical (unpaired) electrons. The van der Waals surface area contributed by atoms with Crippen LogP contribution in [0.25, 0.3) is 0 Å². The maximum absolute atomic E-state index is 14.5. The molecule has 2 aliphatic carbocycles. The van der Waals surface area contributed by atoms with E-state index in [-0.39, 0.29) is 17.2 Å². The molecule has 1 saturated carbocycles. The predicted octanol–water partition coefficient (Wildman–Crippen LogP) is 4.06. The van der Waals surface area contributed by atoms with E-state index in [1.54, 1.807) is 7.11 Å². The number of nitrogens with zero attached hydrogens (tertiary/aromatic N) is 1. The molecule has 2 unspecified atom stereocenters. The molecule has 0 aliphatic heterocycles. The summed E-state index contributed by atoms with van der Waals surface area (Å²) in [6.45, 7) is 2.08. The highest BCUT2D eigenvalue weighted by Gasteiger charge is 2.44. The number of fused-ring (bicyclic) bond motifs is 4. The molecule has 1 aromatic carbocycles. The molecule has 1 fully saturated rings. The van der Waals surface area contributed by atoms with Crippen LogP contribution in [0.3, 0.4) is 0 Å². The zero-order valence-electron chi connectivity index (χ0n) is 12.7. The molecule has 114 valence electrons. The average molecular weight is 291 g/mol. The van der Waals surface area contributed by atoms with Crippen molar-refractivity contribution in [1.29, 1.82) is 0 Å². The quantitative estimate of drug-likeness (QED) is 0.626. The first kappa shape index (κ1) is 14.4. The fourth-order valence-electron chi connectivity index (χ4n) is 4.10. The van der Waals surface area contributed by atoms with E-state index in [1.807, 2.05) is 6.07 Å². The second kappa shape index (κ2) is 5.32. The van der Waals surface area contributed by atoms with E-state index in [0.29, 0.717) is 12.2 Å². The third kappa shape index (κ3) is 2.21. The Morgan fingerprint density at radius 1 is 1.33 bits per heavy atom. The summed E-state index contributed by atoms with van der Waals surface area (Å²) in [7, 11) is 1.55. The number of benzene rings is 1. The summed E-state index contributed by atoms with van der Waals surface area (Å²) >= 11 is 0. The molecule has 0 aromatic heterocycles. The summed E-state index contributed by atoms with van der Waals surface area (Å²) in [6, 6.07) is 3.38. The molecule has 21 heavy (non-hydrogen) atoms. The Labute approximate surface area is 124 Å². The summed E-state index contributed by atoms with van der Waals surface area (Å²) in [5.74, 6) is 0.485. The fraction of sp³-hybridized carbons (Fsp3) is 0.588. The van der Waals surface area contributed by atoms with Gasteiger partial charge in [0.05, 0.1) is 12.8 Å². The van der Waals surface area contributed by atoms with E-state index in [9.17, 15) is 9.60 Å². The van der Waals surface area contributed by atoms with E-state index in [0.717, 1.165) is 42.5 Å². The minimum Gasteiger partial charge on any atom is -0.497 e. The summed E-state index contributed by atoms with van der Waals surface area (Å²) in [5.41, 5.74) is 2.15. The Kier molecular flexibility index (Phi) is 3.64. The van der Waals surface area contributed by atoms with Crippen molar-refractivity contribution < 1.29 is 14.3 Å². The van der Waals surface area contributed by atoms with Gasteiger partial charge in [-0.3, -0.25) is 0 Å². The minimum atomic E-state index is -0.386. The van der Waals surface area contributed by atoms with Gasteiger partial charge in [0.25, 0.3) is 0 Å². The highest BCUT2D eigenvalue weighted by molar-refractivity contribution is 5.98. The maximum atomic E-state index is 14.5. The third-order valence-electron chi connectivity index (χ3n) is 5.24. The standard InChI is InChI=1S/C17H22FNO2/c1-17-7-5-3-4-6-11(16(17)19-20)8-13-14(17)9-12(21-2)10-15(13)18/h9-11,20H,3-8H2,1-2H3/b19-16+. The van der Waals surface area contributed by atoms with Crippen molar-refractivity contribution in [1.82, 2.24) is 0 Å². The third-order valence-corrected chi connectivity index (χ3v) is 5.24. The first-order chi connectivity index (χ1) is 10.1. The van der Waals surface area contributed by atoms with E-state index < -0.39 is 0 Å². The fourth-order valence-corrected chi connectivity index (χ4v) is 4.10. The van der Waals surface area contributed by atoms with Crippen LogP contribution in [0.4, 0.5) is 4.39 Å². The Hall–Kier alpha value is -1.58. The van der Waals surface area contributed by atoms with Gasteiger partial charge in [-0.05, 0) is 36.5 Å². The number of hydrogen-bond donors (Lipinski definition) is 1. The van der Waals surface area contributed by atoms with Crippen molar-refractivity contribution in [3.8, 4) is 5.75 Å². The van der Waals surface area contributed by atoms with Crippen LogP contribution in [0.2, 0.25) is 0 Å². The van der Waals surface area contributed by atoms with Crippen LogP contribution >= 0.6 is 0 Å². The molecule has 0 spiro atoms. The summed E-state index contributed by atoms with van der Waals surface area (Å²) in [4.78, 5) is 0. The maximum Gasteiger partial charge on any atom is 0.130 e. The largest absolute Gasteiger partial charge is 0.497 e. The molecule has 0 amide bonds. The normalized spacial score (nSPS) is 30.4. The van der Waals surface area contributed by atoms with Gasteiger partial charge in [0.2, 0.25) is 0 Å². The van der Waals surface area contributed by atoms with Gasteiger partial charge in [-0.25, -0.2) is 4.39 Å². The van der Waals surface area contributed by atoms with Gasteiger partial charge >= 0.3 is 0 Å². The minimum absolute atomic E-state index is 0.149. The van der Waals surface area contributed by atoms with Gasteiger partial charge in [-0.15, -0.1) is 0 Å². The number of oxime groups is 1. The molecule has 2 bridgehead atoms. The van der Waals surface area contributed by atoms with Crippen molar-refractivity contribution in [2.24, 2.45) is 11.1 Å². The highest BCUT2D eigenvalue weighted by atomic mass is 19.1. The Bertz CT molecular complexity index is 584. The number of rotatable bonds is 1. The van der Waals surface area contributed by atoms with Gasteiger partial charge in [0.15, 0.2) is 0 Å². The van der Waals surface area contributed by atoms with Crippen LogP contribution < -0.4 is 4.74 Å². The van der Waals surface area contributed by atoms with E-state index in [2.05, 4.69) is 12.1 Å². The topological polar surface area (TPSA) is 41.8 Å². The smallest absolute Gasteiger partial charge is 0.130 e. The lowest BCUT2D eigenvalue weighted by Crippen LogP contribution is -2.44. The molecule has 2 atom stereocenters. The zero-order chi connectivity index (χ0) is 15.0. The van der Waals surface area contributed by atoms with Crippen LogP contribution in [-0.4, -0.2) is 18.0 Å². The molecular weight excluding hydrogens is 269 g/mol. The molecule has 3 rings (SSSR count). The molecular formula is C17H22FNO2. The summed E-state index contributed by atoms with van der Waals surface area (Å²) in [6.07, 6.45) is 5.86. The van der Waals surface area contributed by atoms with Crippen LogP contribution in [0.1, 0.15) is 50.2 Å². The van der Waals surface area contributed by atoms with Gasteiger partial charge in [-0.1, -0.05) is 31.3 Å². The summed E-state index contributed by atoms with van der Waals surface area (Å²) in [5, 5.41) is 13.2. The predicted molar refractivity (Wildman–Crippen MR) is 79.8 cm³/mol. The van der Waals surface area contributed by atoms with Crippen LogP contribution in [-0.2, 0) is 11.8 Å². The number of methoxy groups -OCH3 is 1. The molecule has 4 heteroatoms. The van der Waals surface area contributed by atoms with Crippen molar-refractivity contribution in [3.63, 3.8) is 0 Å². The first-order valence-corrected chi connectivity index (χ1v) is 7.69. The van der Waals surface area contributed by atoms with Gasteiger partial charge < -0.3 is 9.94 Å². The second-order valence-electron chi connectivity index (χ2n) is 6.45. The van der Waals surface area contributed by atoms with Gasteiger partial charge in [0, 0.05) is 17.4 Å². The Morgan fingerprint density at radius 2 is 2.14 bits per heavy atom. The number of halogens is 1. The van der Waals surface area contributed by atoms with Gasteiger partial charge in [-0.2, -0.15) is 0 Å². The molecule has 2 aliphatic rings. The second-order valence-corrected chi connectivity index (χ2v) is 6.45. The Morgan fingerprint density at radius 3 is 2.86 bits per heavy atom. The van der Waals surface area contributed by atoms with Crippen LogP contribution in [0.5, 0.6) is 5.75 Å². The van der Waals surface area contributed by atoms with Gasteiger partial charge in [0.1, 0.15) is 11.6 Å². The highest BCUT2D eigenvalue weighted by Crippen LogP contribution is 2.46. The average Bonchev–Trinajstić information content (AvgIpc) is 2.46. The lowest BCUT2D eigenvalue weighted by molar-refractivity contribution is 0.295. The van der Waals surface area contributed by atoms with Crippen LogP contribution in [0, 0.1) is 11.7 Å². The van der Waals surface area contributed by atoms with Crippen molar-refractivity contribution >= 4 is 5.71 Å². The van der Waals surface area contributed by atoms with Crippen molar-refractivity contribution in [2.75, 3.05) is 7.11 Å². The van der Waals surface area contributed by atoms with E-state index in [1.165, 1.54) is 12.5 Å². The molecule has 0 heterocycles.